The lowest BCUT2D eigenvalue weighted by Crippen LogP contribution is -2.37. The van der Waals surface area contributed by atoms with E-state index in [9.17, 15) is 9.59 Å². The maximum absolute atomic E-state index is 11.1. The maximum Gasteiger partial charge on any atom is 0.322 e. The summed E-state index contributed by atoms with van der Waals surface area (Å²) in [6.45, 7) is 2.38. The minimum atomic E-state index is -0.821. The van der Waals surface area contributed by atoms with Crippen molar-refractivity contribution in [3.05, 3.63) is 0 Å². The number of hydrogen-bond donors (Lipinski definition) is 2. The largest absolute Gasteiger partial charge is 0.481 e. The molecule has 0 amide bonds. The van der Waals surface area contributed by atoms with Gasteiger partial charge in [0.2, 0.25) is 0 Å². The van der Waals surface area contributed by atoms with E-state index >= 15 is 0 Å². The highest BCUT2D eigenvalue weighted by Crippen LogP contribution is 1.95. The highest BCUT2D eigenvalue weighted by molar-refractivity contribution is 5.85. The van der Waals surface area contributed by atoms with E-state index in [0.29, 0.717) is 19.4 Å². The summed E-state index contributed by atoms with van der Waals surface area (Å²) in [5, 5.41) is 11.3. The molecule has 2 N–H and O–H groups in total. The molecule has 1 atom stereocenters. The predicted molar refractivity (Wildman–Crippen MR) is 58.2 cm³/mol. The molecule has 0 radical (unpaired) electrons. The van der Waals surface area contributed by atoms with E-state index in [2.05, 4.69) is 10.1 Å². The van der Waals surface area contributed by atoms with Crippen LogP contribution in [0.25, 0.3) is 0 Å². The zero-order valence-corrected chi connectivity index (χ0v) is 9.80. The van der Waals surface area contributed by atoms with Crippen molar-refractivity contribution < 1.29 is 19.4 Å². The molecule has 0 spiro atoms. The van der Waals surface area contributed by atoms with Gasteiger partial charge in [0.1, 0.15) is 6.04 Å². The smallest absolute Gasteiger partial charge is 0.322 e. The van der Waals surface area contributed by atoms with Crippen LogP contribution in [-0.2, 0) is 14.3 Å². The van der Waals surface area contributed by atoms with E-state index in [1.54, 1.807) is 0 Å². The van der Waals surface area contributed by atoms with E-state index in [1.165, 1.54) is 7.11 Å². The molecule has 0 rings (SSSR count). The molecule has 0 unspecified atom stereocenters. The van der Waals surface area contributed by atoms with Crippen LogP contribution in [0.15, 0.2) is 0 Å². The lowest BCUT2D eigenvalue weighted by Gasteiger charge is -2.13. The molecule has 0 fully saturated rings. The van der Waals surface area contributed by atoms with Gasteiger partial charge in [0.05, 0.1) is 7.11 Å². The Morgan fingerprint density at radius 3 is 2.47 bits per heavy atom. The van der Waals surface area contributed by atoms with Gasteiger partial charge in [0.15, 0.2) is 0 Å². The van der Waals surface area contributed by atoms with Crippen molar-refractivity contribution in [3.63, 3.8) is 0 Å². The Kier molecular flexibility index (Phi) is 10.8. The zero-order valence-electron chi connectivity index (χ0n) is 8.99. The molecule has 0 aliphatic heterocycles. The van der Waals surface area contributed by atoms with Crippen molar-refractivity contribution in [2.45, 2.75) is 32.2 Å². The van der Waals surface area contributed by atoms with Gasteiger partial charge in [-0.1, -0.05) is 6.92 Å². The van der Waals surface area contributed by atoms with Gasteiger partial charge in [0.25, 0.3) is 0 Å². The molecule has 0 aliphatic carbocycles. The highest BCUT2D eigenvalue weighted by atomic mass is 35.5. The van der Waals surface area contributed by atoms with E-state index in [4.69, 9.17) is 5.11 Å². The number of carboxylic acids is 1. The Morgan fingerprint density at radius 1 is 1.47 bits per heavy atom. The first-order valence-corrected chi connectivity index (χ1v) is 4.64. The molecule has 0 saturated carbocycles. The van der Waals surface area contributed by atoms with Gasteiger partial charge in [-0.25, -0.2) is 0 Å². The van der Waals surface area contributed by atoms with Gasteiger partial charge < -0.3 is 15.2 Å². The fourth-order valence-corrected chi connectivity index (χ4v) is 1.05. The third kappa shape index (κ3) is 8.20. The number of nitrogens with one attached hydrogen (secondary N) is 1. The number of ether oxygens (including phenoxy) is 1. The minimum absolute atomic E-state index is 0. The second-order valence-corrected chi connectivity index (χ2v) is 2.94. The van der Waals surface area contributed by atoms with Gasteiger partial charge in [-0.2, -0.15) is 0 Å². The quantitative estimate of drug-likeness (QED) is 0.508. The van der Waals surface area contributed by atoms with Crippen LogP contribution in [0.4, 0.5) is 0 Å². The van der Waals surface area contributed by atoms with Crippen LogP contribution in [-0.4, -0.2) is 36.7 Å². The Hall–Kier alpha value is -0.810. The van der Waals surface area contributed by atoms with Crippen LogP contribution in [0, 0.1) is 0 Å². The number of carbonyl (C=O) groups excluding carboxylic acids is 1. The lowest BCUT2D eigenvalue weighted by molar-refractivity contribution is -0.143. The van der Waals surface area contributed by atoms with Gasteiger partial charge >= 0.3 is 11.9 Å². The van der Waals surface area contributed by atoms with Crippen LogP contribution in [0.3, 0.4) is 0 Å². The molecule has 5 nitrogen and oxygen atoms in total. The Morgan fingerprint density at radius 2 is 2.07 bits per heavy atom. The molecular formula is C9H18ClNO4. The predicted octanol–water partition coefficient (Wildman–Crippen LogP) is 0.814. The normalized spacial score (nSPS) is 11.3. The number of carboxylic acid groups (broad SMARTS) is 1. The van der Waals surface area contributed by atoms with E-state index in [1.807, 2.05) is 6.92 Å². The van der Waals surface area contributed by atoms with E-state index in [0.717, 1.165) is 0 Å². The second-order valence-electron chi connectivity index (χ2n) is 2.94. The Bertz CT molecular complexity index is 199. The fraction of sp³-hybridized carbons (Fsp3) is 0.778. The summed E-state index contributed by atoms with van der Waals surface area (Å²) in [7, 11) is 1.34. The fourth-order valence-electron chi connectivity index (χ4n) is 1.05. The molecular weight excluding hydrogens is 222 g/mol. The van der Waals surface area contributed by atoms with Crippen molar-refractivity contribution >= 4 is 24.3 Å². The Labute approximate surface area is 95.6 Å². The second kappa shape index (κ2) is 9.73. The molecule has 6 heteroatoms. The van der Waals surface area contributed by atoms with Crippen LogP contribution in [0.5, 0.6) is 0 Å². The molecule has 0 saturated heterocycles. The number of aliphatic carboxylic acids is 1. The standard InChI is InChI=1S/C9H17NO4.ClH/c1-3-7(9(13)14-2)10-6-4-5-8(11)12;/h7,10H,3-6H2,1-2H3,(H,11,12);1H/t7-;/m0./s1. The van der Waals surface area contributed by atoms with Gasteiger partial charge in [-0.05, 0) is 19.4 Å². The number of hydrogen-bond acceptors (Lipinski definition) is 4. The highest BCUT2D eigenvalue weighted by Gasteiger charge is 2.15. The van der Waals surface area contributed by atoms with Crippen LogP contribution in [0.2, 0.25) is 0 Å². The molecule has 0 heterocycles. The van der Waals surface area contributed by atoms with Crippen molar-refractivity contribution in [1.82, 2.24) is 5.32 Å². The number of esters is 1. The van der Waals surface area contributed by atoms with Gasteiger partial charge in [0, 0.05) is 6.42 Å². The third-order valence-electron chi connectivity index (χ3n) is 1.85. The van der Waals surface area contributed by atoms with Crippen molar-refractivity contribution in [2.24, 2.45) is 0 Å². The maximum atomic E-state index is 11.1. The summed E-state index contributed by atoms with van der Waals surface area (Å²) >= 11 is 0. The summed E-state index contributed by atoms with van der Waals surface area (Å²) in [5.41, 5.74) is 0. The summed E-state index contributed by atoms with van der Waals surface area (Å²) in [4.78, 5) is 21.3. The first-order chi connectivity index (χ1) is 6.61. The van der Waals surface area contributed by atoms with E-state index < -0.39 is 5.97 Å². The molecule has 0 bridgehead atoms. The first-order valence-electron chi connectivity index (χ1n) is 4.64. The van der Waals surface area contributed by atoms with Crippen LogP contribution in [0.1, 0.15) is 26.2 Å². The molecule has 90 valence electrons. The van der Waals surface area contributed by atoms with Gasteiger partial charge in [-0.15, -0.1) is 12.4 Å². The van der Waals surface area contributed by atoms with Crippen LogP contribution < -0.4 is 5.32 Å². The zero-order chi connectivity index (χ0) is 11.0. The first kappa shape index (κ1) is 16.6. The minimum Gasteiger partial charge on any atom is -0.481 e. The van der Waals surface area contributed by atoms with Crippen LogP contribution >= 0.6 is 12.4 Å². The number of rotatable bonds is 7. The van der Waals surface area contributed by atoms with Crippen molar-refractivity contribution in [2.75, 3.05) is 13.7 Å². The topological polar surface area (TPSA) is 75.6 Å². The number of halogens is 1. The summed E-state index contributed by atoms with van der Waals surface area (Å²) in [5.74, 6) is -1.12. The number of carbonyl (C=O) groups is 2. The van der Waals surface area contributed by atoms with Crippen molar-refractivity contribution in [1.29, 1.82) is 0 Å². The summed E-state index contributed by atoms with van der Waals surface area (Å²) < 4.78 is 4.56. The Balaban J connectivity index is 0. The SMILES string of the molecule is CC[C@H](NCCCC(=O)O)C(=O)OC.Cl. The molecule has 0 aromatic carbocycles. The summed E-state index contributed by atoms with van der Waals surface area (Å²) in [6, 6.07) is -0.325. The third-order valence-corrected chi connectivity index (χ3v) is 1.85. The van der Waals surface area contributed by atoms with Gasteiger partial charge in [-0.3, -0.25) is 9.59 Å². The molecule has 0 aliphatic rings. The monoisotopic (exact) mass is 239 g/mol. The summed E-state index contributed by atoms with van der Waals surface area (Å²) in [6.07, 6.45) is 1.27. The number of methoxy groups -OCH3 is 1. The van der Waals surface area contributed by atoms with E-state index in [-0.39, 0.29) is 30.8 Å². The lowest BCUT2D eigenvalue weighted by atomic mass is 10.2. The molecule has 15 heavy (non-hydrogen) atoms. The molecule has 0 aromatic rings. The average Bonchev–Trinajstić information content (AvgIpc) is 2.16. The molecule has 0 aromatic heterocycles. The average molecular weight is 240 g/mol. The van der Waals surface area contributed by atoms with Crippen molar-refractivity contribution in [3.8, 4) is 0 Å².